The van der Waals surface area contributed by atoms with Crippen LogP contribution in [0.1, 0.15) is 39.0 Å². The lowest BCUT2D eigenvalue weighted by Gasteiger charge is -2.37. The van der Waals surface area contributed by atoms with Gasteiger partial charge in [0.2, 0.25) is 5.91 Å². The molecule has 3 saturated carbocycles. The average Bonchev–Trinajstić information content (AvgIpc) is 2.86. The highest BCUT2D eigenvalue weighted by Gasteiger charge is 2.68. The fourth-order valence-corrected chi connectivity index (χ4v) is 5.46. The van der Waals surface area contributed by atoms with Crippen LogP contribution in [0.5, 0.6) is 0 Å². The van der Waals surface area contributed by atoms with Gasteiger partial charge in [-0.05, 0) is 62.7 Å². The number of carboxylic acids is 1. The fourth-order valence-electron chi connectivity index (χ4n) is 5.46. The lowest BCUT2D eigenvalue weighted by molar-refractivity contribution is -0.148. The summed E-state index contributed by atoms with van der Waals surface area (Å²) < 4.78 is 0. The largest absolute Gasteiger partial charge is 0.481 e. The van der Waals surface area contributed by atoms with Crippen LogP contribution in [-0.4, -0.2) is 34.5 Å². The molecule has 2 bridgehead atoms. The van der Waals surface area contributed by atoms with Crippen LogP contribution in [0, 0.1) is 35.5 Å². The molecule has 4 aliphatic rings. The third-order valence-electron chi connectivity index (χ3n) is 6.53. The molecule has 0 spiro atoms. The molecular weight excluding hydrogens is 254 g/mol. The Kier molecular flexibility index (Phi) is 2.67. The van der Waals surface area contributed by atoms with Crippen molar-refractivity contribution in [2.75, 3.05) is 6.54 Å². The van der Waals surface area contributed by atoms with E-state index in [2.05, 4.69) is 6.92 Å². The van der Waals surface area contributed by atoms with E-state index in [4.69, 9.17) is 0 Å². The summed E-state index contributed by atoms with van der Waals surface area (Å²) >= 11 is 0. The molecule has 1 amide bonds. The van der Waals surface area contributed by atoms with Gasteiger partial charge in [-0.15, -0.1) is 0 Å². The van der Waals surface area contributed by atoms with Crippen LogP contribution in [0.4, 0.5) is 0 Å². The van der Waals surface area contributed by atoms with E-state index in [-0.39, 0.29) is 23.8 Å². The van der Waals surface area contributed by atoms with Crippen molar-refractivity contribution in [1.29, 1.82) is 0 Å². The van der Waals surface area contributed by atoms with E-state index in [1.807, 2.05) is 4.90 Å². The third kappa shape index (κ3) is 1.66. The maximum absolute atomic E-state index is 12.8. The first kappa shape index (κ1) is 12.7. The van der Waals surface area contributed by atoms with Crippen LogP contribution in [0.15, 0.2) is 0 Å². The van der Waals surface area contributed by atoms with Crippen molar-refractivity contribution in [1.82, 2.24) is 4.90 Å². The Bertz CT molecular complexity index is 447. The third-order valence-corrected chi connectivity index (χ3v) is 6.53. The highest BCUT2D eigenvalue weighted by molar-refractivity contribution is 5.84. The minimum atomic E-state index is -0.745. The summed E-state index contributed by atoms with van der Waals surface area (Å²) in [5, 5.41) is 9.20. The molecule has 4 nitrogen and oxygen atoms in total. The number of aliphatic carboxylic acids is 1. The number of hydrogen-bond acceptors (Lipinski definition) is 2. The summed E-state index contributed by atoms with van der Waals surface area (Å²) in [7, 11) is 0. The Labute approximate surface area is 119 Å². The number of rotatable bonds is 2. The van der Waals surface area contributed by atoms with Crippen molar-refractivity contribution in [3.63, 3.8) is 0 Å². The minimum Gasteiger partial charge on any atom is -0.481 e. The van der Waals surface area contributed by atoms with E-state index in [9.17, 15) is 14.7 Å². The fraction of sp³-hybridized carbons (Fsp3) is 0.875. The maximum Gasteiger partial charge on any atom is 0.308 e. The number of nitrogens with zero attached hydrogens (tertiary/aromatic N) is 1. The maximum atomic E-state index is 12.8. The number of likely N-dealkylation sites (tertiary alicyclic amines) is 1. The van der Waals surface area contributed by atoms with Crippen LogP contribution in [-0.2, 0) is 9.59 Å². The summed E-state index contributed by atoms with van der Waals surface area (Å²) in [4.78, 5) is 25.9. The van der Waals surface area contributed by atoms with Gasteiger partial charge in [0.05, 0.1) is 5.92 Å². The molecule has 20 heavy (non-hydrogen) atoms. The van der Waals surface area contributed by atoms with Gasteiger partial charge >= 0.3 is 5.97 Å². The molecule has 1 saturated heterocycles. The van der Waals surface area contributed by atoms with Gasteiger partial charge in [-0.1, -0.05) is 0 Å². The van der Waals surface area contributed by atoms with Crippen LogP contribution in [0.25, 0.3) is 0 Å². The highest BCUT2D eigenvalue weighted by atomic mass is 16.4. The number of amides is 1. The van der Waals surface area contributed by atoms with Gasteiger partial charge in [0.1, 0.15) is 0 Å². The predicted octanol–water partition coefficient (Wildman–Crippen LogP) is 1.99. The van der Waals surface area contributed by atoms with E-state index in [0.717, 1.165) is 18.3 Å². The second-order valence-electron chi connectivity index (χ2n) is 7.47. The molecule has 3 aliphatic carbocycles. The van der Waals surface area contributed by atoms with E-state index in [1.165, 1.54) is 19.3 Å². The number of carboxylic acid groups (broad SMARTS) is 1. The number of piperidine rings is 1. The Morgan fingerprint density at radius 2 is 1.70 bits per heavy atom. The molecule has 0 aromatic carbocycles. The summed E-state index contributed by atoms with van der Waals surface area (Å²) in [6.45, 7) is 2.50. The average molecular weight is 277 g/mol. The molecule has 4 heteroatoms. The van der Waals surface area contributed by atoms with Gasteiger partial charge in [-0.25, -0.2) is 0 Å². The van der Waals surface area contributed by atoms with Crippen LogP contribution in [0.3, 0.4) is 0 Å². The molecule has 4 rings (SSSR count). The van der Waals surface area contributed by atoms with Crippen molar-refractivity contribution >= 4 is 11.9 Å². The van der Waals surface area contributed by atoms with E-state index in [1.54, 1.807) is 0 Å². The topological polar surface area (TPSA) is 57.6 Å². The lowest BCUT2D eigenvalue weighted by atomic mass is 9.92. The van der Waals surface area contributed by atoms with E-state index >= 15 is 0 Å². The van der Waals surface area contributed by atoms with Crippen LogP contribution < -0.4 is 0 Å². The van der Waals surface area contributed by atoms with Crippen molar-refractivity contribution < 1.29 is 14.7 Å². The monoisotopic (exact) mass is 277 g/mol. The standard InChI is InChI=1S/C16H23NO3/c1-8-2-3-11(16(19)20)7-17(8)15(18)14-12-9-4-5-10(6-9)13(12)14/h8-14H,2-7H2,1H3,(H,19,20). The summed E-state index contributed by atoms with van der Waals surface area (Å²) in [6, 6.07) is 0.220. The zero-order valence-corrected chi connectivity index (χ0v) is 12.0. The van der Waals surface area contributed by atoms with Crippen LogP contribution in [0.2, 0.25) is 0 Å². The number of carbonyl (C=O) groups is 2. The molecule has 4 fully saturated rings. The summed E-state index contributed by atoms with van der Waals surface area (Å²) in [6.07, 6.45) is 5.54. The Morgan fingerprint density at radius 1 is 1.05 bits per heavy atom. The molecule has 6 unspecified atom stereocenters. The van der Waals surface area contributed by atoms with Crippen molar-refractivity contribution in [2.24, 2.45) is 35.5 Å². The normalized spacial score (nSPS) is 49.0. The van der Waals surface area contributed by atoms with Crippen molar-refractivity contribution in [3.05, 3.63) is 0 Å². The molecule has 110 valence electrons. The molecule has 0 aromatic rings. The SMILES string of the molecule is CC1CCC(C(=O)O)CN1C(=O)C1C2C3CCC(C3)C12. The number of hydrogen-bond donors (Lipinski definition) is 1. The highest BCUT2D eigenvalue weighted by Crippen LogP contribution is 2.69. The molecule has 6 atom stereocenters. The van der Waals surface area contributed by atoms with E-state index < -0.39 is 5.97 Å². The summed E-state index contributed by atoms with van der Waals surface area (Å²) in [5.41, 5.74) is 0. The molecule has 0 radical (unpaired) electrons. The Hall–Kier alpha value is -1.06. The number of fused-ring (bicyclic) bond motifs is 5. The smallest absolute Gasteiger partial charge is 0.308 e. The van der Waals surface area contributed by atoms with Gasteiger partial charge in [0.15, 0.2) is 0 Å². The zero-order chi connectivity index (χ0) is 14.0. The second kappa shape index (κ2) is 4.22. The Balaban J connectivity index is 1.47. The van der Waals surface area contributed by atoms with Crippen molar-refractivity contribution in [2.45, 2.75) is 45.1 Å². The van der Waals surface area contributed by atoms with Gasteiger partial charge < -0.3 is 10.0 Å². The molecule has 1 N–H and O–H groups in total. The molecule has 1 aliphatic heterocycles. The second-order valence-corrected chi connectivity index (χ2v) is 7.47. The molecule has 0 aromatic heterocycles. The van der Waals surface area contributed by atoms with Gasteiger partial charge in [-0.2, -0.15) is 0 Å². The van der Waals surface area contributed by atoms with Crippen LogP contribution >= 0.6 is 0 Å². The predicted molar refractivity (Wildman–Crippen MR) is 72.8 cm³/mol. The first-order chi connectivity index (χ1) is 9.58. The lowest BCUT2D eigenvalue weighted by Crippen LogP contribution is -2.48. The number of carbonyl (C=O) groups excluding carboxylic acids is 1. The zero-order valence-electron chi connectivity index (χ0n) is 12.0. The van der Waals surface area contributed by atoms with Gasteiger partial charge in [-0.3, -0.25) is 9.59 Å². The van der Waals surface area contributed by atoms with Gasteiger partial charge in [0.25, 0.3) is 0 Å². The summed E-state index contributed by atoms with van der Waals surface area (Å²) in [5.74, 6) is 2.32. The van der Waals surface area contributed by atoms with Crippen molar-refractivity contribution in [3.8, 4) is 0 Å². The first-order valence-corrected chi connectivity index (χ1v) is 8.11. The molecular formula is C16H23NO3. The first-order valence-electron chi connectivity index (χ1n) is 8.11. The molecule has 1 heterocycles. The van der Waals surface area contributed by atoms with Gasteiger partial charge in [0, 0.05) is 18.5 Å². The minimum absolute atomic E-state index is 0.220. The Morgan fingerprint density at radius 3 is 2.30 bits per heavy atom. The quantitative estimate of drug-likeness (QED) is 0.839. The van der Waals surface area contributed by atoms with E-state index in [0.29, 0.717) is 24.8 Å².